The molecule has 0 fully saturated rings. The van der Waals surface area contributed by atoms with Crippen molar-refractivity contribution in [2.24, 2.45) is 0 Å². The summed E-state index contributed by atoms with van der Waals surface area (Å²) in [6.07, 6.45) is 0. The molecule has 100 valence electrons. The summed E-state index contributed by atoms with van der Waals surface area (Å²) in [5.74, 6) is -0.725. The molecule has 1 heterocycles. The molecule has 0 aliphatic carbocycles. The maximum atomic E-state index is 13.0. The van der Waals surface area contributed by atoms with Crippen molar-refractivity contribution in [1.82, 2.24) is 4.98 Å². The van der Waals surface area contributed by atoms with Crippen molar-refractivity contribution in [3.05, 3.63) is 46.2 Å². The van der Waals surface area contributed by atoms with Gasteiger partial charge in [0, 0.05) is 11.4 Å². The summed E-state index contributed by atoms with van der Waals surface area (Å²) in [4.78, 5) is 16.4. The Morgan fingerprint density at radius 3 is 3.00 bits per heavy atom. The molecule has 0 aliphatic rings. The zero-order valence-electron chi connectivity index (χ0n) is 10.6. The highest BCUT2D eigenvalue weighted by molar-refractivity contribution is 7.15. The highest BCUT2D eigenvalue weighted by Crippen LogP contribution is 2.23. The third-order valence-electron chi connectivity index (χ3n) is 2.51. The predicted octanol–water partition coefficient (Wildman–Crippen LogP) is 2.99. The molecule has 19 heavy (non-hydrogen) atoms. The average Bonchev–Trinajstić information content (AvgIpc) is 2.77. The minimum Gasteiger partial charge on any atom is -0.464 e. The van der Waals surface area contributed by atoms with E-state index in [9.17, 15) is 9.18 Å². The van der Waals surface area contributed by atoms with Gasteiger partial charge in [0.1, 0.15) is 5.82 Å². The van der Waals surface area contributed by atoms with E-state index in [0.29, 0.717) is 17.4 Å². The molecule has 0 spiro atoms. The molecule has 1 aromatic heterocycles. The lowest BCUT2D eigenvalue weighted by atomic mass is 10.2. The lowest BCUT2D eigenvalue weighted by Gasteiger charge is -2.02. The van der Waals surface area contributed by atoms with Gasteiger partial charge >= 0.3 is 5.97 Å². The number of nitrogens with one attached hydrogen (secondary N) is 1. The average molecular weight is 280 g/mol. The number of aromatic nitrogens is 1. The monoisotopic (exact) mass is 280 g/mol. The lowest BCUT2D eigenvalue weighted by molar-refractivity contribution is 0.0594. The molecule has 1 aromatic carbocycles. The van der Waals surface area contributed by atoms with E-state index in [1.165, 1.54) is 30.6 Å². The smallest absolute Gasteiger partial charge is 0.357 e. The van der Waals surface area contributed by atoms with E-state index in [2.05, 4.69) is 15.0 Å². The number of hydrogen-bond donors (Lipinski definition) is 1. The first-order valence-corrected chi connectivity index (χ1v) is 6.46. The SMILES string of the molecule is COC(=O)c1nc(NCc2cccc(F)c2)sc1C. The maximum absolute atomic E-state index is 13.0. The van der Waals surface area contributed by atoms with Crippen molar-refractivity contribution >= 4 is 22.4 Å². The first-order chi connectivity index (χ1) is 9.10. The van der Waals surface area contributed by atoms with Crippen LogP contribution in [0.2, 0.25) is 0 Å². The van der Waals surface area contributed by atoms with Crippen LogP contribution >= 0.6 is 11.3 Å². The second-order valence-electron chi connectivity index (χ2n) is 3.90. The fourth-order valence-electron chi connectivity index (χ4n) is 1.58. The number of esters is 1. The summed E-state index contributed by atoms with van der Waals surface area (Å²) < 4.78 is 17.6. The molecule has 0 bridgehead atoms. The van der Waals surface area contributed by atoms with Gasteiger partial charge in [0.25, 0.3) is 0 Å². The Hall–Kier alpha value is -1.95. The minimum atomic E-state index is -0.451. The van der Waals surface area contributed by atoms with Crippen LogP contribution in [-0.2, 0) is 11.3 Å². The van der Waals surface area contributed by atoms with E-state index in [4.69, 9.17) is 0 Å². The molecule has 4 nitrogen and oxygen atoms in total. The highest BCUT2D eigenvalue weighted by Gasteiger charge is 2.15. The van der Waals surface area contributed by atoms with Gasteiger partial charge in [0.2, 0.25) is 0 Å². The van der Waals surface area contributed by atoms with Crippen LogP contribution in [0.5, 0.6) is 0 Å². The van der Waals surface area contributed by atoms with E-state index < -0.39 is 5.97 Å². The van der Waals surface area contributed by atoms with Crippen LogP contribution in [-0.4, -0.2) is 18.1 Å². The molecule has 6 heteroatoms. The Balaban J connectivity index is 2.06. The number of nitrogens with zero attached hydrogens (tertiary/aromatic N) is 1. The summed E-state index contributed by atoms with van der Waals surface area (Å²) in [5.41, 5.74) is 1.13. The fraction of sp³-hybridized carbons (Fsp3) is 0.231. The number of aryl methyl sites for hydroxylation is 1. The first-order valence-electron chi connectivity index (χ1n) is 5.64. The van der Waals surface area contributed by atoms with Crippen LogP contribution in [0.4, 0.5) is 9.52 Å². The van der Waals surface area contributed by atoms with Crippen molar-refractivity contribution in [2.75, 3.05) is 12.4 Å². The normalized spacial score (nSPS) is 10.3. The van der Waals surface area contributed by atoms with E-state index in [1.54, 1.807) is 13.0 Å². The number of thiazole rings is 1. The number of anilines is 1. The van der Waals surface area contributed by atoms with Gasteiger partial charge in [-0.3, -0.25) is 0 Å². The van der Waals surface area contributed by atoms with Crippen molar-refractivity contribution in [2.45, 2.75) is 13.5 Å². The molecular weight excluding hydrogens is 267 g/mol. The number of carbonyl (C=O) groups is 1. The Morgan fingerprint density at radius 1 is 1.53 bits per heavy atom. The van der Waals surface area contributed by atoms with Gasteiger partial charge in [-0.15, -0.1) is 11.3 Å². The minimum absolute atomic E-state index is 0.273. The number of benzene rings is 1. The van der Waals surface area contributed by atoms with Crippen molar-refractivity contribution in [1.29, 1.82) is 0 Å². The quantitative estimate of drug-likeness (QED) is 0.875. The summed E-state index contributed by atoms with van der Waals surface area (Å²) >= 11 is 1.36. The lowest BCUT2D eigenvalue weighted by Crippen LogP contribution is -2.04. The molecular formula is C13H13FN2O2S. The Bertz CT molecular complexity index is 598. The van der Waals surface area contributed by atoms with Gasteiger partial charge in [-0.05, 0) is 24.6 Å². The molecule has 0 amide bonds. The Labute approximate surface area is 114 Å². The predicted molar refractivity (Wildman–Crippen MR) is 71.9 cm³/mol. The fourth-order valence-corrected chi connectivity index (χ4v) is 2.38. The second kappa shape index (κ2) is 5.79. The first kappa shape index (κ1) is 13.5. The van der Waals surface area contributed by atoms with Crippen LogP contribution in [0.15, 0.2) is 24.3 Å². The third-order valence-corrected chi connectivity index (χ3v) is 3.44. The van der Waals surface area contributed by atoms with Crippen LogP contribution in [0.25, 0.3) is 0 Å². The van der Waals surface area contributed by atoms with E-state index in [1.807, 2.05) is 6.07 Å². The van der Waals surface area contributed by atoms with Crippen LogP contribution < -0.4 is 5.32 Å². The highest BCUT2D eigenvalue weighted by atomic mass is 32.1. The van der Waals surface area contributed by atoms with Gasteiger partial charge in [0.05, 0.1) is 7.11 Å². The van der Waals surface area contributed by atoms with Crippen LogP contribution in [0.1, 0.15) is 20.9 Å². The van der Waals surface area contributed by atoms with Gasteiger partial charge in [-0.2, -0.15) is 0 Å². The summed E-state index contributed by atoms with van der Waals surface area (Å²) in [7, 11) is 1.32. The molecule has 0 saturated carbocycles. The molecule has 0 radical (unpaired) electrons. The standard InChI is InChI=1S/C13H13FN2O2S/c1-8-11(12(17)18-2)16-13(19-8)15-7-9-4-3-5-10(14)6-9/h3-6H,7H2,1-2H3,(H,15,16). The summed E-state index contributed by atoms with van der Waals surface area (Å²) in [6, 6.07) is 6.32. The van der Waals surface area contributed by atoms with E-state index in [-0.39, 0.29) is 5.82 Å². The maximum Gasteiger partial charge on any atom is 0.357 e. The number of methoxy groups -OCH3 is 1. The van der Waals surface area contributed by atoms with E-state index >= 15 is 0 Å². The van der Waals surface area contributed by atoms with Gasteiger partial charge in [-0.1, -0.05) is 12.1 Å². The van der Waals surface area contributed by atoms with Crippen molar-refractivity contribution in [3.8, 4) is 0 Å². The molecule has 2 aromatic rings. The number of rotatable bonds is 4. The van der Waals surface area contributed by atoms with Gasteiger partial charge in [0.15, 0.2) is 10.8 Å². The van der Waals surface area contributed by atoms with Gasteiger partial charge < -0.3 is 10.1 Å². The third kappa shape index (κ3) is 3.29. The van der Waals surface area contributed by atoms with E-state index in [0.717, 1.165) is 10.4 Å². The molecule has 0 aliphatic heterocycles. The van der Waals surface area contributed by atoms with Crippen molar-refractivity contribution in [3.63, 3.8) is 0 Å². The topological polar surface area (TPSA) is 51.2 Å². The molecule has 0 atom stereocenters. The molecule has 0 saturated heterocycles. The number of ether oxygens (including phenoxy) is 1. The number of halogens is 1. The molecule has 2 rings (SSSR count). The van der Waals surface area contributed by atoms with Crippen molar-refractivity contribution < 1.29 is 13.9 Å². The molecule has 0 unspecified atom stereocenters. The second-order valence-corrected chi connectivity index (χ2v) is 5.10. The zero-order chi connectivity index (χ0) is 13.8. The molecule has 1 N–H and O–H groups in total. The summed E-state index contributed by atoms with van der Waals surface area (Å²) in [5, 5.41) is 3.67. The largest absolute Gasteiger partial charge is 0.464 e. The zero-order valence-corrected chi connectivity index (χ0v) is 11.4. The summed E-state index contributed by atoms with van der Waals surface area (Å²) in [6.45, 7) is 2.25. The van der Waals surface area contributed by atoms with Crippen LogP contribution in [0, 0.1) is 12.7 Å². The number of hydrogen-bond acceptors (Lipinski definition) is 5. The van der Waals surface area contributed by atoms with Crippen LogP contribution in [0.3, 0.4) is 0 Å². The van der Waals surface area contributed by atoms with Gasteiger partial charge in [-0.25, -0.2) is 14.2 Å². The Morgan fingerprint density at radius 2 is 2.32 bits per heavy atom. The number of carbonyl (C=O) groups excluding carboxylic acids is 1. The Kier molecular flexibility index (Phi) is 4.11.